The summed E-state index contributed by atoms with van der Waals surface area (Å²) >= 11 is 0. The number of hydrogen-bond donors (Lipinski definition) is 0. The summed E-state index contributed by atoms with van der Waals surface area (Å²) in [5.41, 5.74) is 1.24. The molecule has 0 heterocycles. The van der Waals surface area contributed by atoms with Crippen LogP contribution in [0.3, 0.4) is 0 Å². The first-order valence-corrected chi connectivity index (χ1v) is 8.77. The second-order valence-corrected chi connectivity index (χ2v) is 7.58. The first-order chi connectivity index (χ1) is 7.59. The minimum Gasteiger partial charge on any atom is -0.395 e. The molecule has 0 spiro atoms. The first-order valence-electron chi connectivity index (χ1n) is 5.95. The molecule has 0 aliphatic heterocycles. The third kappa shape index (κ3) is 4.08. The van der Waals surface area contributed by atoms with Crippen molar-refractivity contribution in [2.45, 2.75) is 39.5 Å². The molecule has 0 aliphatic rings. The smallest absolute Gasteiger partial charge is 0.332 e. The van der Waals surface area contributed by atoms with E-state index in [0.717, 1.165) is 13.0 Å². The molecule has 1 aromatic carbocycles. The van der Waals surface area contributed by atoms with Crippen molar-refractivity contribution in [3.8, 4) is 0 Å². The van der Waals surface area contributed by atoms with Crippen LogP contribution in [0.1, 0.15) is 31.9 Å². The van der Waals surface area contributed by atoms with Gasteiger partial charge in [-0.25, -0.2) is 0 Å². The molecule has 90 valence electrons. The third-order valence-corrected chi connectivity index (χ3v) is 4.30. The lowest BCUT2D eigenvalue weighted by atomic mass is 10.1. The highest BCUT2D eigenvalue weighted by molar-refractivity contribution is 6.64. The minimum atomic E-state index is -1.97. The zero-order valence-electron chi connectivity index (χ0n) is 10.7. The zero-order chi connectivity index (χ0) is 12.0. The predicted octanol–water partition coefficient (Wildman–Crippen LogP) is 3.89. The van der Waals surface area contributed by atoms with E-state index in [1.165, 1.54) is 5.56 Å². The van der Waals surface area contributed by atoms with Gasteiger partial charge >= 0.3 is 8.56 Å². The van der Waals surface area contributed by atoms with Crippen LogP contribution < -0.4 is 0 Å². The molecule has 0 amide bonds. The van der Waals surface area contributed by atoms with Crippen molar-refractivity contribution in [2.24, 2.45) is 0 Å². The summed E-state index contributed by atoms with van der Waals surface area (Å²) in [6, 6.07) is 10.4. The van der Waals surface area contributed by atoms with E-state index in [1.54, 1.807) is 0 Å². The van der Waals surface area contributed by atoms with Gasteiger partial charge in [0.15, 0.2) is 0 Å². The topological polar surface area (TPSA) is 18.5 Å². The van der Waals surface area contributed by atoms with Crippen molar-refractivity contribution in [1.29, 1.82) is 0 Å². The van der Waals surface area contributed by atoms with Gasteiger partial charge in [-0.2, -0.15) is 0 Å². The Labute approximate surface area is 99.8 Å². The molecule has 0 N–H and O–H groups in total. The summed E-state index contributed by atoms with van der Waals surface area (Å²) in [6.07, 6.45) is 1.14. The fourth-order valence-electron chi connectivity index (χ4n) is 1.78. The standard InChI is InChI=1S/C13H22O2Si/c1-5-13(12-10-8-7-9-11-12)15-16(3,4)14-6-2/h7-11,13H,5-6H2,1-4H3. The summed E-state index contributed by atoms with van der Waals surface area (Å²) < 4.78 is 11.8. The Morgan fingerprint density at radius 1 is 1.12 bits per heavy atom. The van der Waals surface area contributed by atoms with Gasteiger partial charge in [0.2, 0.25) is 0 Å². The van der Waals surface area contributed by atoms with E-state index in [-0.39, 0.29) is 6.10 Å². The number of rotatable bonds is 6. The van der Waals surface area contributed by atoms with E-state index in [0.29, 0.717) is 0 Å². The minimum absolute atomic E-state index is 0.161. The van der Waals surface area contributed by atoms with Crippen LogP contribution in [0.25, 0.3) is 0 Å². The highest BCUT2D eigenvalue weighted by atomic mass is 28.4. The molecule has 2 nitrogen and oxygen atoms in total. The molecule has 1 atom stereocenters. The van der Waals surface area contributed by atoms with Crippen LogP contribution in [0.15, 0.2) is 30.3 Å². The molecule has 16 heavy (non-hydrogen) atoms. The van der Waals surface area contributed by atoms with Crippen molar-refractivity contribution in [3.05, 3.63) is 35.9 Å². The van der Waals surface area contributed by atoms with Crippen molar-refractivity contribution < 1.29 is 8.85 Å². The molecule has 0 radical (unpaired) electrons. The molecule has 0 saturated heterocycles. The molecule has 1 aromatic rings. The first kappa shape index (κ1) is 13.4. The highest BCUT2D eigenvalue weighted by Crippen LogP contribution is 2.25. The molecule has 0 aliphatic carbocycles. The van der Waals surface area contributed by atoms with Crippen molar-refractivity contribution >= 4 is 8.56 Å². The maximum atomic E-state index is 6.13. The molecule has 0 aromatic heterocycles. The Balaban J connectivity index is 2.69. The Hall–Kier alpha value is -0.643. The van der Waals surface area contributed by atoms with Gasteiger partial charge in [-0.05, 0) is 32.0 Å². The quantitative estimate of drug-likeness (QED) is 0.700. The van der Waals surface area contributed by atoms with E-state index >= 15 is 0 Å². The second-order valence-electron chi connectivity index (χ2n) is 4.26. The van der Waals surface area contributed by atoms with Crippen LogP contribution in [-0.2, 0) is 8.85 Å². The largest absolute Gasteiger partial charge is 0.395 e. The Bertz CT molecular complexity index is 298. The molecular formula is C13H22O2Si. The van der Waals surface area contributed by atoms with Gasteiger partial charge in [-0.3, -0.25) is 0 Å². The SMILES string of the molecule is CCO[Si](C)(C)OC(CC)c1ccccc1. The fraction of sp³-hybridized carbons (Fsp3) is 0.538. The zero-order valence-corrected chi connectivity index (χ0v) is 11.7. The molecule has 1 unspecified atom stereocenters. The lowest BCUT2D eigenvalue weighted by molar-refractivity contribution is 0.122. The molecule has 3 heteroatoms. The van der Waals surface area contributed by atoms with E-state index < -0.39 is 8.56 Å². The van der Waals surface area contributed by atoms with Crippen molar-refractivity contribution in [3.63, 3.8) is 0 Å². The van der Waals surface area contributed by atoms with Gasteiger partial charge in [0.05, 0.1) is 6.10 Å². The third-order valence-electron chi connectivity index (χ3n) is 2.46. The maximum Gasteiger partial charge on any atom is 0.332 e. The molecular weight excluding hydrogens is 216 g/mol. The number of benzene rings is 1. The summed E-state index contributed by atoms with van der Waals surface area (Å²) in [4.78, 5) is 0. The van der Waals surface area contributed by atoms with Crippen LogP contribution >= 0.6 is 0 Å². The molecule has 0 saturated carbocycles. The summed E-state index contributed by atoms with van der Waals surface area (Å²) in [5, 5.41) is 0. The van der Waals surface area contributed by atoms with Gasteiger partial charge in [-0.1, -0.05) is 37.3 Å². The lowest BCUT2D eigenvalue weighted by Gasteiger charge is -2.28. The van der Waals surface area contributed by atoms with Gasteiger partial charge in [0.25, 0.3) is 0 Å². The summed E-state index contributed by atoms with van der Waals surface area (Å²) in [7, 11) is -1.97. The average Bonchev–Trinajstić information content (AvgIpc) is 2.27. The highest BCUT2D eigenvalue weighted by Gasteiger charge is 2.28. The maximum absolute atomic E-state index is 6.13. The number of hydrogen-bond acceptors (Lipinski definition) is 2. The monoisotopic (exact) mass is 238 g/mol. The Kier molecular flexibility index (Phi) is 5.18. The normalized spacial score (nSPS) is 13.8. The Morgan fingerprint density at radius 3 is 2.25 bits per heavy atom. The van der Waals surface area contributed by atoms with Crippen LogP contribution in [0.5, 0.6) is 0 Å². The van der Waals surface area contributed by atoms with E-state index in [9.17, 15) is 0 Å². The fourth-order valence-corrected chi connectivity index (χ4v) is 3.53. The van der Waals surface area contributed by atoms with E-state index in [1.807, 2.05) is 13.0 Å². The summed E-state index contributed by atoms with van der Waals surface area (Å²) in [6.45, 7) is 9.09. The molecule has 0 fully saturated rings. The molecule has 1 rings (SSSR count). The van der Waals surface area contributed by atoms with Crippen LogP contribution in [0.4, 0.5) is 0 Å². The predicted molar refractivity (Wildman–Crippen MR) is 69.7 cm³/mol. The van der Waals surface area contributed by atoms with E-state index in [4.69, 9.17) is 8.85 Å². The Morgan fingerprint density at radius 2 is 1.75 bits per heavy atom. The van der Waals surface area contributed by atoms with Crippen molar-refractivity contribution in [2.75, 3.05) is 6.61 Å². The van der Waals surface area contributed by atoms with Crippen LogP contribution in [0, 0.1) is 0 Å². The molecule has 0 bridgehead atoms. The van der Waals surface area contributed by atoms with Gasteiger partial charge in [0.1, 0.15) is 0 Å². The van der Waals surface area contributed by atoms with Gasteiger partial charge in [-0.15, -0.1) is 0 Å². The average molecular weight is 238 g/mol. The van der Waals surface area contributed by atoms with Crippen LogP contribution in [-0.4, -0.2) is 15.2 Å². The van der Waals surface area contributed by atoms with E-state index in [2.05, 4.69) is 44.3 Å². The van der Waals surface area contributed by atoms with Gasteiger partial charge < -0.3 is 8.85 Å². The summed E-state index contributed by atoms with van der Waals surface area (Å²) in [5.74, 6) is 0. The second kappa shape index (κ2) is 6.18. The lowest BCUT2D eigenvalue weighted by Crippen LogP contribution is -2.36. The van der Waals surface area contributed by atoms with Crippen molar-refractivity contribution in [1.82, 2.24) is 0 Å². The van der Waals surface area contributed by atoms with Crippen LogP contribution in [0.2, 0.25) is 13.1 Å². The van der Waals surface area contributed by atoms with Gasteiger partial charge in [0, 0.05) is 6.61 Å².